The van der Waals surface area contributed by atoms with Gasteiger partial charge in [-0.2, -0.15) is 0 Å². The van der Waals surface area contributed by atoms with E-state index in [1.165, 1.54) is 10.8 Å². The molecular formula is C15H24N2O4. The predicted octanol–water partition coefficient (Wildman–Crippen LogP) is 1.18. The maximum absolute atomic E-state index is 11.9. The molecule has 1 aromatic rings. The van der Waals surface area contributed by atoms with Crippen LogP contribution >= 0.6 is 0 Å². The van der Waals surface area contributed by atoms with E-state index in [0.717, 1.165) is 6.42 Å². The largest absolute Gasteiger partial charge is 0.390 e. The summed E-state index contributed by atoms with van der Waals surface area (Å²) < 4.78 is 7.31. The Balaban J connectivity index is 2.27. The minimum atomic E-state index is -0.596. The van der Waals surface area contributed by atoms with Crippen molar-refractivity contribution in [2.24, 2.45) is 11.8 Å². The molecule has 0 radical (unpaired) electrons. The van der Waals surface area contributed by atoms with E-state index in [-0.39, 0.29) is 17.6 Å². The maximum Gasteiger partial charge on any atom is 0.330 e. The van der Waals surface area contributed by atoms with E-state index in [4.69, 9.17) is 4.74 Å². The van der Waals surface area contributed by atoms with E-state index in [1.807, 2.05) is 0 Å². The average molecular weight is 296 g/mol. The van der Waals surface area contributed by atoms with E-state index in [9.17, 15) is 14.7 Å². The van der Waals surface area contributed by atoms with Crippen molar-refractivity contribution in [1.82, 2.24) is 9.55 Å². The Hall–Kier alpha value is -1.40. The zero-order valence-corrected chi connectivity index (χ0v) is 13.0. The number of aliphatic hydroxyl groups excluding tert-OH is 1. The number of aromatic nitrogens is 2. The molecule has 4 unspecified atom stereocenters. The van der Waals surface area contributed by atoms with Gasteiger partial charge in [-0.15, -0.1) is 0 Å². The van der Waals surface area contributed by atoms with Crippen molar-refractivity contribution in [2.45, 2.75) is 59.0 Å². The SMILES string of the molecule is CCC(C(C)C)C1OC(n2cc(C)c(=O)[nH]c2=O)CC1O. The van der Waals surface area contributed by atoms with E-state index in [2.05, 4.69) is 25.8 Å². The monoisotopic (exact) mass is 296 g/mol. The van der Waals surface area contributed by atoms with Crippen LogP contribution in [0.2, 0.25) is 0 Å². The first-order valence-corrected chi connectivity index (χ1v) is 7.50. The number of aryl methyl sites for hydroxylation is 1. The molecule has 0 saturated carbocycles. The summed E-state index contributed by atoms with van der Waals surface area (Å²) in [4.78, 5) is 25.6. The Bertz CT molecular complexity index is 604. The molecule has 1 aliphatic rings. The second-order valence-electron chi connectivity index (χ2n) is 6.15. The fourth-order valence-corrected chi connectivity index (χ4v) is 3.12. The third kappa shape index (κ3) is 3.11. The number of aliphatic hydroxyl groups is 1. The van der Waals surface area contributed by atoms with Crippen molar-refractivity contribution in [1.29, 1.82) is 0 Å². The van der Waals surface area contributed by atoms with Gasteiger partial charge in [0.25, 0.3) is 5.56 Å². The molecular weight excluding hydrogens is 272 g/mol. The number of nitrogens with zero attached hydrogens (tertiary/aromatic N) is 1. The Kier molecular flexibility index (Phi) is 4.68. The standard InChI is InChI=1S/C15H24N2O4/c1-5-10(8(2)3)13-11(18)6-12(21-13)17-7-9(4)14(19)16-15(17)20/h7-8,10-13,18H,5-6H2,1-4H3,(H,16,19,20). The predicted molar refractivity (Wildman–Crippen MR) is 79.2 cm³/mol. The van der Waals surface area contributed by atoms with Crippen molar-refractivity contribution < 1.29 is 9.84 Å². The van der Waals surface area contributed by atoms with E-state index >= 15 is 0 Å². The summed E-state index contributed by atoms with van der Waals surface area (Å²) in [6.07, 6.45) is 1.36. The van der Waals surface area contributed by atoms with Gasteiger partial charge in [0.15, 0.2) is 0 Å². The first-order valence-electron chi connectivity index (χ1n) is 7.50. The highest BCUT2D eigenvalue weighted by Gasteiger charge is 2.40. The van der Waals surface area contributed by atoms with Gasteiger partial charge in [-0.1, -0.05) is 27.2 Å². The Morgan fingerprint density at radius 2 is 2.14 bits per heavy atom. The number of nitrogens with one attached hydrogen (secondary N) is 1. The summed E-state index contributed by atoms with van der Waals surface area (Å²) >= 11 is 0. The van der Waals surface area contributed by atoms with Gasteiger partial charge in [-0.3, -0.25) is 14.3 Å². The topological polar surface area (TPSA) is 84.3 Å². The van der Waals surface area contributed by atoms with Crippen LogP contribution in [-0.4, -0.2) is 26.9 Å². The van der Waals surface area contributed by atoms with E-state index in [0.29, 0.717) is 17.9 Å². The molecule has 1 fully saturated rings. The van der Waals surface area contributed by atoms with Crippen LogP contribution in [0, 0.1) is 18.8 Å². The molecule has 1 aliphatic heterocycles. The molecule has 0 aromatic carbocycles. The van der Waals surface area contributed by atoms with Gasteiger partial charge in [-0.25, -0.2) is 4.79 Å². The quantitative estimate of drug-likeness (QED) is 0.873. The van der Waals surface area contributed by atoms with Gasteiger partial charge >= 0.3 is 5.69 Å². The lowest BCUT2D eigenvalue weighted by atomic mass is 9.85. The van der Waals surface area contributed by atoms with E-state index < -0.39 is 18.0 Å². The van der Waals surface area contributed by atoms with Crippen molar-refractivity contribution in [3.05, 3.63) is 32.6 Å². The summed E-state index contributed by atoms with van der Waals surface area (Å²) in [5.41, 5.74) is -0.437. The molecule has 4 atom stereocenters. The summed E-state index contributed by atoms with van der Waals surface area (Å²) in [7, 11) is 0. The van der Waals surface area contributed by atoms with Crippen LogP contribution < -0.4 is 11.2 Å². The highest BCUT2D eigenvalue weighted by molar-refractivity contribution is 5.02. The van der Waals surface area contributed by atoms with Crippen LogP contribution in [0.4, 0.5) is 0 Å². The van der Waals surface area contributed by atoms with Crippen LogP contribution in [-0.2, 0) is 4.74 Å². The van der Waals surface area contributed by atoms with Gasteiger partial charge in [-0.05, 0) is 18.8 Å². The number of ether oxygens (including phenoxy) is 1. The summed E-state index contributed by atoms with van der Waals surface area (Å²) in [6.45, 7) is 7.92. The normalized spacial score (nSPS) is 27.2. The Morgan fingerprint density at radius 1 is 1.48 bits per heavy atom. The Labute approximate surface area is 123 Å². The number of hydrogen-bond donors (Lipinski definition) is 2. The molecule has 1 aromatic heterocycles. The zero-order chi connectivity index (χ0) is 15.7. The van der Waals surface area contributed by atoms with E-state index in [1.54, 1.807) is 6.92 Å². The van der Waals surface area contributed by atoms with Gasteiger partial charge in [0.05, 0.1) is 12.2 Å². The minimum Gasteiger partial charge on any atom is -0.390 e. The first kappa shape index (κ1) is 16.0. The first-order chi connectivity index (χ1) is 9.85. The molecule has 0 amide bonds. The van der Waals surface area contributed by atoms with Crippen LogP contribution in [0.25, 0.3) is 0 Å². The summed E-state index contributed by atoms with van der Waals surface area (Å²) in [5.74, 6) is 0.631. The highest BCUT2D eigenvalue weighted by Crippen LogP contribution is 2.35. The molecule has 118 valence electrons. The molecule has 2 rings (SSSR count). The lowest BCUT2D eigenvalue weighted by Gasteiger charge is -2.28. The van der Waals surface area contributed by atoms with Crippen molar-refractivity contribution in [3.8, 4) is 0 Å². The third-order valence-corrected chi connectivity index (χ3v) is 4.34. The molecule has 21 heavy (non-hydrogen) atoms. The van der Waals surface area contributed by atoms with Crippen LogP contribution in [0.5, 0.6) is 0 Å². The summed E-state index contributed by atoms with van der Waals surface area (Å²) in [5, 5.41) is 10.3. The van der Waals surface area contributed by atoms with Gasteiger partial charge in [0.2, 0.25) is 0 Å². The van der Waals surface area contributed by atoms with Crippen molar-refractivity contribution in [2.75, 3.05) is 0 Å². The zero-order valence-electron chi connectivity index (χ0n) is 13.0. The number of rotatable bonds is 4. The third-order valence-electron chi connectivity index (χ3n) is 4.34. The number of hydrogen-bond acceptors (Lipinski definition) is 4. The molecule has 1 saturated heterocycles. The second-order valence-corrected chi connectivity index (χ2v) is 6.15. The van der Waals surface area contributed by atoms with Crippen molar-refractivity contribution in [3.63, 3.8) is 0 Å². The highest BCUT2D eigenvalue weighted by atomic mass is 16.5. The minimum absolute atomic E-state index is 0.240. The molecule has 0 aliphatic carbocycles. The number of H-pyrrole nitrogens is 1. The van der Waals surface area contributed by atoms with Gasteiger partial charge < -0.3 is 9.84 Å². The van der Waals surface area contributed by atoms with Crippen LogP contribution in [0.1, 0.15) is 45.4 Å². The average Bonchev–Trinajstić information content (AvgIpc) is 2.76. The molecule has 0 bridgehead atoms. The fourth-order valence-electron chi connectivity index (χ4n) is 3.12. The Morgan fingerprint density at radius 3 is 2.71 bits per heavy atom. The smallest absolute Gasteiger partial charge is 0.330 e. The molecule has 6 nitrogen and oxygen atoms in total. The van der Waals surface area contributed by atoms with Crippen LogP contribution in [0.3, 0.4) is 0 Å². The van der Waals surface area contributed by atoms with Crippen LogP contribution in [0.15, 0.2) is 15.8 Å². The fraction of sp³-hybridized carbons (Fsp3) is 0.733. The maximum atomic E-state index is 11.9. The lowest BCUT2D eigenvalue weighted by Crippen LogP contribution is -2.34. The van der Waals surface area contributed by atoms with Gasteiger partial charge in [0.1, 0.15) is 6.23 Å². The molecule has 2 heterocycles. The molecule has 6 heteroatoms. The molecule has 2 N–H and O–H groups in total. The molecule has 0 spiro atoms. The second kappa shape index (κ2) is 6.15. The van der Waals surface area contributed by atoms with Gasteiger partial charge in [0, 0.05) is 18.2 Å². The summed E-state index contributed by atoms with van der Waals surface area (Å²) in [6, 6.07) is 0. The number of aromatic amines is 1. The van der Waals surface area contributed by atoms with Crippen molar-refractivity contribution >= 4 is 0 Å². The lowest BCUT2D eigenvalue weighted by molar-refractivity contribution is -0.0617.